The Hall–Kier alpha value is -2.62. The van der Waals surface area contributed by atoms with E-state index in [1.165, 1.54) is 0 Å². The number of anilines is 1. The number of aromatic nitrogens is 1. The summed E-state index contributed by atoms with van der Waals surface area (Å²) in [6, 6.07) is 13.1. The average molecular weight is 266 g/mol. The summed E-state index contributed by atoms with van der Waals surface area (Å²) in [7, 11) is 0. The highest BCUT2D eigenvalue weighted by Crippen LogP contribution is 2.25. The van der Waals surface area contributed by atoms with Crippen molar-refractivity contribution in [3.05, 3.63) is 59.5 Å². The van der Waals surface area contributed by atoms with E-state index in [-0.39, 0.29) is 5.91 Å². The average Bonchev–Trinajstić information content (AvgIpc) is 2.77. The molecular weight excluding hydrogens is 252 g/mol. The molecule has 0 saturated heterocycles. The van der Waals surface area contributed by atoms with Crippen LogP contribution in [0, 0.1) is 13.8 Å². The molecule has 0 atom stereocenters. The number of rotatable bonds is 2. The molecule has 1 N–H and O–H groups in total. The second kappa shape index (κ2) is 4.81. The molecule has 4 heteroatoms. The quantitative estimate of drug-likeness (QED) is 0.769. The molecule has 0 fully saturated rings. The van der Waals surface area contributed by atoms with Crippen molar-refractivity contribution in [1.29, 1.82) is 0 Å². The first-order chi connectivity index (χ1) is 9.65. The number of hydrogen-bond acceptors (Lipinski definition) is 3. The first-order valence-electron chi connectivity index (χ1n) is 6.38. The summed E-state index contributed by atoms with van der Waals surface area (Å²) in [6.45, 7) is 3.76. The molecular formula is C16H14N2O2. The molecule has 0 aliphatic carbocycles. The Balaban J connectivity index is 1.95. The maximum absolute atomic E-state index is 12.3. The fourth-order valence-corrected chi connectivity index (χ4v) is 2.18. The van der Waals surface area contributed by atoms with Crippen molar-refractivity contribution in [2.24, 2.45) is 0 Å². The highest BCUT2D eigenvalue weighted by atomic mass is 16.3. The summed E-state index contributed by atoms with van der Waals surface area (Å²) in [5, 5.41) is 3.71. The van der Waals surface area contributed by atoms with Gasteiger partial charge in [0.1, 0.15) is 11.4 Å². The number of carbonyl (C=O) groups is 1. The zero-order valence-electron chi connectivity index (χ0n) is 11.3. The first-order valence-corrected chi connectivity index (χ1v) is 6.38. The third kappa shape index (κ3) is 2.16. The number of aryl methyl sites for hydroxylation is 2. The molecule has 1 amide bonds. The molecule has 0 saturated carbocycles. The van der Waals surface area contributed by atoms with Crippen molar-refractivity contribution in [1.82, 2.24) is 4.98 Å². The number of carbonyl (C=O) groups excluding carboxylic acids is 1. The summed E-state index contributed by atoms with van der Waals surface area (Å²) in [5.74, 6) is 0.571. The molecule has 2 aromatic heterocycles. The van der Waals surface area contributed by atoms with E-state index in [0.717, 1.165) is 16.6 Å². The van der Waals surface area contributed by atoms with Crippen molar-refractivity contribution in [2.45, 2.75) is 13.8 Å². The summed E-state index contributed by atoms with van der Waals surface area (Å²) in [6.07, 6.45) is 0. The molecule has 100 valence electrons. The van der Waals surface area contributed by atoms with E-state index < -0.39 is 0 Å². The van der Waals surface area contributed by atoms with Gasteiger partial charge >= 0.3 is 0 Å². The van der Waals surface area contributed by atoms with E-state index in [2.05, 4.69) is 10.3 Å². The molecule has 0 aliphatic rings. The first kappa shape index (κ1) is 12.4. The fraction of sp³-hybridized carbons (Fsp3) is 0.125. The molecule has 2 heterocycles. The van der Waals surface area contributed by atoms with Gasteiger partial charge in [0, 0.05) is 16.6 Å². The van der Waals surface area contributed by atoms with Gasteiger partial charge in [-0.05, 0) is 32.0 Å². The Labute approximate surface area is 116 Å². The van der Waals surface area contributed by atoms with Crippen LogP contribution in [0.1, 0.15) is 21.8 Å². The van der Waals surface area contributed by atoms with Gasteiger partial charge in [-0.1, -0.05) is 24.3 Å². The maximum atomic E-state index is 12.3. The van der Waals surface area contributed by atoms with E-state index in [9.17, 15) is 4.79 Å². The van der Waals surface area contributed by atoms with Crippen LogP contribution in [0.3, 0.4) is 0 Å². The van der Waals surface area contributed by atoms with Gasteiger partial charge in [0.25, 0.3) is 5.91 Å². The lowest BCUT2D eigenvalue weighted by atomic mass is 10.1. The Morgan fingerprint density at radius 2 is 1.90 bits per heavy atom. The molecule has 4 nitrogen and oxygen atoms in total. The SMILES string of the molecule is Cc1cccc(NC(=O)c2oc3ccccc3c2C)n1. The van der Waals surface area contributed by atoms with Crippen LogP contribution in [0.2, 0.25) is 0 Å². The number of pyridine rings is 1. The smallest absolute Gasteiger partial charge is 0.292 e. The van der Waals surface area contributed by atoms with Crippen molar-refractivity contribution in [3.8, 4) is 0 Å². The zero-order chi connectivity index (χ0) is 14.1. The van der Waals surface area contributed by atoms with Crippen LogP contribution in [0.5, 0.6) is 0 Å². The Bertz CT molecular complexity index is 790. The molecule has 0 spiro atoms. The largest absolute Gasteiger partial charge is 0.451 e. The fourth-order valence-electron chi connectivity index (χ4n) is 2.18. The topological polar surface area (TPSA) is 55.1 Å². The van der Waals surface area contributed by atoms with Crippen LogP contribution in [0.25, 0.3) is 11.0 Å². The van der Waals surface area contributed by atoms with E-state index in [1.54, 1.807) is 6.07 Å². The van der Waals surface area contributed by atoms with Crippen molar-refractivity contribution < 1.29 is 9.21 Å². The van der Waals surface area contributed by atoms with Crippen molar-refractivity contribution in [3.63, 3.8) is 0 Å². The summed E-state index contributed by atoms with van der Waals surface area (Å²) >= 11 is 0. The van der Waals surface area contributed by atoms with E-state index >= 15 is 0 Å². The molecule has 20 heavy (non-hydrogen) atoms. The van der Waals surface area contributed by atoms with Crippen LogP contribution in [0.15, 0.2) is 46.9 Å². The van der Waals surface area contributed by atoms with E-state index in [0.29, 0.717) is 17.2 Å². The number of nitrogens with zero attached hydrogens (tertiary/aromatic N) is 1. The lowest BCUT2D eigenvalue weighted by Crippen LogP contribution is -2.13. The minimum atomic E-state index is -0.281. The summed E-state index contributed by atoms with van der Waals surface area (Å²) in [4.78, 5) is 16.5. The second-order valence-corrected chi connectivity index (χ2v) is 4.67. The Kier molecular flexibility index (Phi) is 2.99. The number of nitrogens with one attached hydrogen (secondary N) is 1. The van der Waals surface area contributed by atoms with Gasteiger partial charge in [-0.2, -0.15) is 0 Å². The number of hydrogen-bond donors (Lipinski definition) is 1. The van der Waals surface area contributed by atoms with E-state index in [4.69, 9.17) is 4.42 Å². The standard InChI is InChI=1S/C16H14N2O2/c1-10-6-5-9-14(17-10)18-16(19)15-11(2)12-7-3-4-8-13(12)20-15/h3-9H,1-2H3,(H,17,18,19). The van der Waals surface area contributed by atoms with Gasteiger partial charge in [-0.25, -0.2) is 4.98 Å². The molecule has 0 radical (unpaired) electrons. The van der Waals surface area contributed by atoms with Gasteiger partial charge in [-0.15, -0.1) is 0 Å². The number of fused-ring (bicyclic) bond motifs is 1. The maximum Gasteiger partial charge on any atom is 0.292 e. The third-order valence-corrected chi connectivity index (χ3v) is 3.18. The number of furan rings is 1. The van der Waals surface area contributed by atoms with Crippen LogP contribution < -0.4 is 5.32 Å². The third-order valence-electron chi connectivity index (χ3n) is 3.18. The number of para-hydroxylation sites is 1. The van der Waals surface area contributed by atoms with Crippen molar-refractivity contribution in [2.75, 3.05) is 5.32 Å². The van der Waals surface area contributed by atoms with Gasteiger partial charge in [-0.3, -0.25) is 4.79 Å². The molecule has 0 aliphatic heterocycles. The molecule has 3 aromatic rings. The lowest BCUT2D eigenvalue weighted by Gasteiger charge is -2.03. The lowest BCUT2D eigenvalue weighted by molar-refractivity contribution is 0.0997. The minimum absolute atomic E-state index is 0.281. The van der Waals surface area contributed by atoms with Crippen LogP contribution in [0.4, 0.5) is 5.82 Å². The Morgan fingerprint density at radius 1 is 1.10 bits per heavy atom. The monoisotopic (exact) mass is 266 g/mol. The summed E-state index contributed by atoms with van der Waals surface area (Å²) in [5.41, 5.74) is 2.40. The van der Waals surface area contributed by atoms with Gasteiger partial charge in [0.05, 0.1) is 0 Å². The molecule has 1 aromatic carbocycles. The van der Waals surface area contributed by atoms with Crippen LogP contribution >= 0.6 is 0 Å². The predicted octanol–water partition coefficient (Wildman–Crippen LogP) is 3.70. The molecule has 0 unspecified atom stereocenters. The highest BCUT2D eigenvalue weighted by Gasteiger charge is 2.17. The van der Waals surface area contributed by atoms with E-state index in [1.807, 2.05) is 50.2 Å². The molecule has 0 bridgehead atoms. The number of amides is 1. The zero-order valence-corrected chi connectivity index (χ0v) is 11.3. The van der Waals surface area contributed by atoms with Crippen molar-refractivity contribution >= 4 is 22.7 Å². The predicted molar refractivity (Wildman–Crippen MR) is 77.9 cm³/mol. The van der Waals surface area contributed by atoms with Gasteiger partial charge < -0.3 is 9.73 Å². The summed E-state index contributed by atoms with van der Waals surface area (Å²) < 4.78 is 5.62. The van der Waals surface area contributed by atoms with Crippen LogP contribution in [-0.4, -0.2) is 10.9 Å². The number of benzene rings is 1. The second-order valence-electron chi connectivity index (χ2n) is 4.67. The van der Waals surface area contributed by atoms with Gasteiger partial charge in [0.2, 0.25) is 0 Å². The molecule has 3 rings (SSSR count). The Morgan fingerprint density at radius 3 is 2.65 bits per heavy atom. The highest BCUT2D eigenvalue weighted by molar-refractivity contribution is 6.06. The normalized spacial score (nSPS) is 10.7. The minimum Gasteiger partial charge on any atom is -0.451 e. The van der Waals surface area contributed by atoms with Crippen LogP contribution in [-0.2, 0) is 0 Å². The van der Waals surface area contributed by atoms with Gasteiger partial charge in [0.15, 0.2) is 5.76 Å².